The Kier molecular flexibility index (Phi) is 4.86. The van der Waals surface area contributed by atoms with Gasteiger partial charge in [-0.1, -0.05) is 12.1 Å². The van der Waals surface area contributed by atoms with Gasteiger partial charge in [0.1, 0.15) is 25.9 Å². The Morgan fingerprint density at radius 2 is 1.93 bits per heavy atom. The molecule has 9 heteroatoms. The van der Waals surface area contributed by atoms with Crippen LogP contribution in [0.25, 0.3) is 11.3 Å². The van der Waals surface area contributed by atoms with Crippen molar-refractivity contribution in [3.63, 3.8) is 0 Å². The van der Waals surface area contributed by atoms with Crippen molar-refractivity contribution in [2.24, 2.45) is 0 Å². The van der Waals surface area contributed by atoms with E-state index in [0.29, 0.717) is 36.2 Å². The summed E-state index contributed by atoms with van der Waals surface area (Å²) in [5.74, 6) is 1.25. The standard InChI is InChI=1S/C21H17N5O3S/c27-20(15-3-1-14(2-4-15)10-26-13-22-12-23-26)25-21-24-17(11-30-21)16-5-6-18-19(9-16)29-8-7-28-18/h1-6,9,11-13H,7-8,10H2,(H,24,25,27). The van der Waals surface area contributed by atoms with Crippen molar-refractivity contribution in [2.45, 2.75) is 6.54 Å². The molecule has 1 N–H and O–H groups in total. The molecule has 4 aromatic rings. The Labute approximate surface area is 176 Å². The predicted molar refractivity (Wildman–Crippen MR) is 112 cm³/mol. The number of amides is 1. The largest absolute Gasteiger partial charge is 0.486 e. The Morgan fingerprint density at radius 1 is 1.10 bits per heavy atom. The third-order valence-electron chi connectivity index (χ3n) is 4.59. The molecule has 1 aliphatic rings. The Morgan fingerprint density at radius 3 is 2.73 bits per heavy atom. The minimum absolute atomic E-state index is 0.203. The van der Waals surface area contributed by atoms with Crippen LogP contribution in [0.3, 0.4) is 0 Å². The van der Waals surface area contributed by atoms with Gasteiger partial charge in [-0.25, -0.2) is 14.6 Å². The van der Waals surface area contributed by atoms with Crippen LogP contribution < -0.4 is 14.8 Å². The first-order valence-electron chi connectivity index (χ1n) is 9.33. The fraction of sp³-hybridized carbons (Fsp3) is 0.143. The number of thiazole rings is 1. The van der Waals surface area contributed by atoms with Crippen molar-refractivity contribution in [3.05, 3.63) is 71.6 Å². The first-order valence-corrected chi connectivity index (χ1v) is 10.2. The van der Waals surface area contributed by atoms with Crippen LogP contribution in [0.15, 0.2) is 60.5 Å². The molecule has 5 rings (SSSR count). The van der Waals surface area contributed by atoms with Crippen molar-refractivity contribution < 1.29 is 14.3 Å². The Bertz CT molecular complexity index is 1170. The minimum atomic E-state index is -0.203. The zero-order valence-electron chi connectivity index (χ0n) is 15.8. The molecule has 1 aliphatic heterocycles. The maximum atomic E-state index is 12.6. The molecule has 0 aliphatic carbocycles. The van der Waals surface area contributed by atoms with E-state index in [-0.39, 0.29) is 5.91 Å². The number of nitrogens with one attached hydrogen (secondary N) is 1. The molecular formula is C21H17N5O3S. The van der Waals surface area contributed by atoms with E-state index >= 15 is 0 Å². The number of nitrogens with zero attached hydrogens (tertiary/aromatic N) is 4. The van der Waals surface area contributed by atoms with E-state index in [9.17, 15) is 4.79 Å². The first kappa shape index (κ1) is 18.3. The zero-order chi connectivity index (χ0) is 20.3. The third kappa shape index (κ3) is 3.87. The van der Waals surface area contributed by atoms with Crippen molar-refractivity contribution in [3.8, 4) is 22.8 Å². The summed E-state index contributed by atoms with van der Waals surface area (Å²) >= 11 is 1.38. The fourth-order valence-corrected chi connectivity index (χ4v) is 3.81. The fourth-order valence-electron chi connectivity index (χ4n) is 3.10. The lowest BCUT2D eigenvalue weighted by Gasteiger charge is -2.18. The third-order valence-corrected chi connectivity index (χ3v) is 5.35. The smallest absolute Gasteiger partial charge is 0.257 e. The summed E-state index contributed by atoms with van der Waals surface area (Å²) in [7, 11) is 0. The highest BCUT2D eigenvalue weighted by Crippen LogP contribution is 2.35. The number of carbonyl (C=O) groups excluding carboxylic acids is 1. The molecule has 0 unspecified atom stereocenters. The summed E-state index contributed by atoms with van der Waals surface area (Å²) in [6.07, 6.45) is 3.15. The average molecular weight is 419 g/mol. The number of fused-ring (bicyclic) bond motifs is 1. The number of aromatic nitrogens is 4. The zero-order valence-corrected chi connectivity index (χ0v) is 16.6. The summed E-state index contributed by atoms with van der Waals surface area (Å²) in [5, 5.41) is 9.38. The number of anilines is 1. The average Bonchev–Trinajstić information content (AvgIpc) is 3.46. The number of hydrogen-bond acceptors (Lipinski definition) is 7. The van der Waals surface area contributed by atoms with Crippen LogP contribution in [0.5, 0.6) is 11.5 Å². The normalized spacial score (nSPS) is 12.5. The number of carbonyl (C=O) groups is 1. The lowest BCUT2D eigenvalue weighted by molar-refractivity contribution is 0.102. The van der Waals surface area contributed by atoms with E-state index in [4.69, 9.17) is 9.47 Å². The topological polar surface area (TPSA) is 91.2 Å². The number of hydrogen-bond donors (Lipinski definition) is 1. The number of ether oxygens (including phenoxy) is 2. The van der Waals surface area contributed by atoms with Crippen molar-refractivity contribution in [1.29, 1.82) is 0 Å². The second kappa shape index (κ2) is 7.96. The molecule has 0 bridgehead atoms. The van der Waals surface area contributed by atoms with Crippen LogP contribution in [0.4, 0.5) is 5.13 Å². The molecular weight excluding hydrogens is 402 g/mol. The predicted octanol–water partition coefficient (Wildman–Crippen LogP) is 3.47. The van der Waals surface area contributed by atoms with Crippen LogP contribution in [0.2, 0.25) is 0 Å². The van der Waals surface area contributed by atoms with Crippen LogP contribution >= 0.6 is 11.3 Å². The molecule has 1 amide bonds. The van der Waals surface area contributed by atoms with E-state index in [2.05, 4.69) is 20.4 Å². The van der Waals surface area contributed by atoms with Gasteiger partial charge in [0.05, 0.1) is 12.2 Å². The summed E-state index contributed by atoms with van der Waals surface area (Å²) in [5.41, 5.74) is 3.28. The summed E-state index contributed by atoms with van der Waals surface area (Å²) < 4.78 is 12.9. The summed E-state index contributed by atoms with van der Waals surface area (Å²) in [6.45, 7) is 1.69. The van der Waals surface area contributed by atoms with Gasteiger partial charge in [0.15, 0.2) is 16.6 Å². The molecule has 0 spiro atoms. The summed E-state index contributed by atoms with van der Waals surface area (Å²) in [6, 6.07) is 13.1. The van der Waals surface area contributed by atoms with Gasteiger partial charge in [0, 0.05) is 16.5 Å². The summed E-state index contributed by atoms with van der Waals surface area (Å²) in [4.78, 5) is 21.0. The second-order valence-corrected chi connectivity index (χ2v) is 7.50. The molecule has 0 atom stereocenters. The second-order valence-electron chi connectivity index (χ2n) is 6.64. The SMILES string of the molecule is O=C(Nc1nc(-c2ccc3c(c2)OCCO3)cs1)c1ccc(Cn2cncn2)cc1. The van der Waals surface area contributed by atoms with Gasteiger partial charge in [-0.2, -0.15) is 5.10 Å². The molecule has 2 aromatic heterocycles. The van der Waals surface area contributed by atoms with E-state index in [1.54, 1.807) is 23.1 Å². The van der Waals surface area contributed by atoms with Gasteiger partial charge < -0.3 is 9.47 Å². The van der Waals surface area contributed by atoms with Crippen LogP contribution in [0.1, 0.15) is 15.9 Å². The van der Waals surface area contributed by atoms with Gasteiger partial charge in [-0.15, -0.1) is 11.3 Å². The van der Waals surface area contributed by atoms with Gasteiger partial charge in [-0.3, -0.25) is 10.1 Å². The van der Waals surface area contributed by atoms with Gasteiger partial charge >= 0.3 is 0 Å². The van der Waals surface area contributed by atoms with Gasteiger partial charge in [0.25, 0.3) is 5.91 Å². The number of rotatable bonds is 5. The lowest BCUT2D eigenvalue weighted by Crippen LogP contribution is -2.15. The Balaban J connectivity index is 1.26. The molecule has 30 heavy (non-hydrogen) atoms. The van der Waals surface area contributed by atoms with Crippen LogP contribution in [-0.2, 0) is 6.54 Å². The molecule has 3 heterocycles. The van der Waals surface area contributed by atoms with E-state index in [1.807, 2.05) is 35.7 Å². The van der Waals surface area contributed by atoms with Gasteiger partial charge in [-0.05, 0) is 35.9 Å². The quantitative estimate of drug-likeness (QED) is 0.533. The highest BCUT2D eigenvalue weighted by Gasteiger charge is 2.15. The highest BCUT2D eigenvalue weighted by atomic mass is 32.1. The molecule has 150 valence electrons. The van der Waals surface area contributed by atoms with E-state index in [0.717, 1.165) is 22.6 Å². The Hall–Kier alpha value is -3.72. The molecule has 2 aromatic carbocycles. The molecule has 0 radical (unpaired) electrons. The lowest BCUT2D eigenvalue weighted by atomic mass is 10.1. The van der Waals surface area contributed by atoms with Gasteiger partial charge in [0.2, 0.25) is 0 Å². The molecule has 0 saturated carbocycles. The minimum Gasteiger partial charge on any atom is -0.486 e. The van der Waals surface area contributed by atoms with Crippen molar-refractivity contribution >= 4 is 22.4 Å². The first-order chi connectivity index (χ1) is 14.7. The van der Waals surface area contributed by atoms with Crippen molar-refractivity contribution in [2.75, 3.05) is 18.5 Å². The van der Waals surface area contributed by atoms with E-state index in [1.165, 1.54) is 17.7 Å². The van der Waals surface area contributed by atoms with Crippen LogP contribution in [-0.4, -0.2) is 38.9 Å². The maximum absolute atomic E-state index is 12.6. The monoisotopic (exact) mass is 419 g/mol. The number of benzene rings is 2. The molecule has 0 fully saturated rings. The van der Waals surface area contributed by atoms with Crippen molar-refractivity contribution in [1.82, 2.24) is 19.7 Å². The highest BCUT2D eigenvalue weighted by molar-refractivity contribution is 7.14. The molecule has 8 nitrogen and oxygen atoms in total. The molecule has 0 saturated heterocycles. The maximum Gasteiger partial charge on any atom is 0.257 e. The van der Waals surface area contributed by atoms with Crippen LogP contribution in [0, 0.1) is 0 Å². The van der Waals surface area contributed by atoms with E-state index < -0.39 is 0 Å².